The summed E-state index contributed by atoms with van der Waals surface area (Å²) >= 11 is 0. The lowest BCUT2D eigenvalue weighted by atomic mass is 10.1. The lowest BCUT2D eigenvalue weighted by Gasteiger charge is -2.21. The van der Waals surface area contributed by atoms with E-state index < -0.39 is 6.17 Å². The van der Waals surface area contributed by atoms with E-state index in [2.05, 4.69) is 49.5 Å². The number of hydrogen-bond acceptors (Lipinski definition) is 2. The number of rotatable bonds is 7. The number of nitrogens with zero attached hydrogens (tertiary/aromatic N) is 2. The first-order valence-electron chi connectivity index (χ1n) is 7.11. The highest BCUT2D eigenvalue weighted by molar-refractivity contribution is 5.21. The molecule has 0 saturated carbocycles. The second kappa shape index (κ2) is 8.16. The molecule has 1 fully saturated rings. The lowest BCUT2D eigenvalue weighted by molar-refractivity contribution is 0.290. The zero-order chi connectivity index (χ0) is 14.3. The summed E-state index contributed by atoms with van der Waals surface area (Å²) < 4.78 is 13.1. The van der Waals surface area contributed by atoms with Crippen LogP contribution in [-0.2, 0) is 0 Å². The van der Waals surface area contributed by atoms with Crippen LogP contribution in [0.3, 0.4) is 0 Å². The quantitative estimate of drug-likeness (QED) is 0.652. The molecule has 0 aromatic heterocycles. The van der Waals surface area contributed by atoms with Crippen LogP contribution in [0.25, 0.3) is 0 Å². The molecular weight excluding hydrogens is 239 g/mol. The van der Waals surface area contributed by atoms with Gasteiger partial charge in [0.2, 0.25) is 0 Å². The van der Waals surface area contributed by atoms with E-state index in [1.54, 1.807) is 6.08 Å². The average Bonchev–Trinajstić information content (AvgIpc) is 2.78. The Morgan fingerprint density at radius 2 is 2.26 bits per heavy atom. The Kier molecular flexibility index (Phi) is 6.85. The van der Waals surface area contributed by atoms with Crippen molar-refractivity contribution in [1.29, 1.82) is 0 Å². The van der Waals surface area contributed by atoms with E-state index in [4.69, 9.17) is 0 Å². The third-order valence-electron chi connectivity index (χ3n) is 3.56. The highest BCUT2D eigenvalue weighted by Crippen LogP contribution is 2.15. The molecule has 1 saturated heterocycles. The molecule has 0 radical (unpaired) electrons. The number of allylic oxidation sites excluding steroid dienone is 3. The van der Waals surface area contributed by atoms with E-state index in [-0.39, 0.29) is 0 Å². The van der Waals surface area contributed by atoms with E-state index in [1.165, 1.54) is 5.57 Å². The smallest absolute Gasteiger partial charge is 0.114 e. The van der Waals surface area contributed by atoms with Crippen LogP contribution in [0.2, 0.25) is 0 Å². The van der Waals surface area contributed by atoms with Crippen molar-refractivity contribution in [2.45, 2.75) is 38.9 Å². The molecular formula is C16H27FN2. The number of alkyl halides is 1. The zero-order valence-electron chi connectivity index (χ0n) is 12.5. The van der Waals surface area contributed by atoms with Gasteiger partial charge in [0.15, 0.2) is 0 Å². The van der Waals surface area contributed by atoms with Gasteiger partial charge in [0.1, 0.15) is 6.17 Å². The van der Waals surface area contributed by atoms with Crippen molar-refractivity contribution in [2.24, 2.45) is 0 Å². The molecule has 0 aromatic carbocycles. The van der Waals surface area contributed by atoms with Crippen LogP contribution in [0.1, 0.15) is 26.7 Å². The number of likely N-dealkylation sites (tertiary alicyclic amines) is 1. The summed E-state index contributed by atoms with van der Waals surface area (Å²) in [6.07, 6.45) is 9.03. The van der Waals surface area contributed by atoms with Crippen LogP contribution in [0, 0.1) is 0 Å². The minimum absolute atomic E-state index is 0.481. The SMILES string of the molecule is C=C/C=C\C(=C/N(C)C(C)C)CCN1CCC(F)C1. The highest BCUT2D eigenvalue weighted by Gasteiger charge is 2.21. The van der Waals surface area contributed by atoms with E-state index in [0.717, 1.165) is 19.5 Å². The second-order valence-electron chi connectivity index (χ2n) is 5.49. The summed E-state index contributed by atoms with van der Waals surface area (Å²) in [4.78, 5) is 4.40. The second-order valence-corrected chi connectivity index (χ2v) is 5.49. The van der Waals surface area contributed by atoms with E-state index >= 15 is 0 Å². The van der Waals surface area contributed by atoms with Gasteiger partial charge >= 0.3 is 0 Å². The van der Waals surface area contributed by atoms with Crippen molar-refractivity contribution in [3.8, 4) is 0 Å². The van der Waals surface area contributed by atoms with Crippen LogP contribution in [0.15, 0.2) is 36.6 Å². The van der Waals surface area contributed by atoms with Gasteiger partial charge in [-0.25, -0.2) is 4.39 Å². The molecule has 108 valence electrons. The Bertz CT molecular complexity index is 334. The normalized spacial score (nSPS) is 21.5. The molecule has 0 aromatic rings. The molecule has 1 atom stereocenters. The summed E-state index contributed by atoms with van der Waals surface area (Å²) in [5.74, 6) is 0. The third kappa shape index (κ3) is 6.06. The summed E-state index contributed by atoms with van der Waals surface area (Å²) in [5, 5.41) is 0. The van der Waals surface area contributed by atoms with E-state index in [1.807, 2.05) is 6.08 Å². The van der Waals surface area contributed by atoms with Gasteiger partial charge in [-0.2, -0.15) is 0 Å². The van der Waals surface area contributed by atoms with Crippen molar-refractivity contribution in [3.05, 3.63) is 36.6 Å². The van der Waals surface area contributed by atoms with Crippen LogP contribution in [-0.4, -0.2) is 48.7 Å². The van der Waals surface area contributed by atoms with Gasteiger partial charge in [-0.1, -0.05) is 24.8 Å². The van der Waals surface area contributed by atoms with Crippen LogP contribution < -0.4 is 0 Å². The summed E-state index contributed by atoms with van der Waals surface area (Å²) in [6, 6.07) is 0.481. The zero-order valence-corrected chi connectivity index (χ0v) is 12.5. The average molecular weight is 266 g/mol. The predicted molar refractivity (Wildman–Crippen MR) is 80.9 cm³/mol. The highest BCUT2D eigenvalue weighted by atomic mass is 19.1. The maximum Gasteiger partial charge on any atom is 0.114 e. The fraction of sp³-hybridized carbons (Fsp3) is 0.625. The Morgan fingerprint density at radius 1 is 1.53 bits per heavy atom. The van der Waals surface area contributed by atoms with E-state index in [9.17, 15) is 4.39 Å². The summed E-state index contributed by atoms with van der Waals surface area (Å²) in [5.41, 5.74) is 1.26. The molecule has 1 aliphatic rings. The van der Waals surface area contributed by atoms with Crippen LogP contribution in [0.5, 0.6) is 0 Å². The molecule has 1 heterocycles. The summed E-state index contributed by atoms with van der Waals surface area (Å²) in [7, 11) is 2.08. The van der Waals surface area contributed by atoms with Crippen molar-refractivity contribution < 1.29 is 4.39 Å². The van der Waals surface area contributed by atoms with Gasteiger partial charge in [-0.05, 0) is 32.3 Å². The Morgan fingerprint density at radius 3 is 2.79 bits per heavy atom. The molecule has 0 spiro atoms. The fourth-order valence-corrected chi connectivity index (χ4v) is 2.07. The van der Waals surface area contributed by atoms with Gasteiger partial charge in [-0.15, -0.1) is 0 Å². The predicted octanol–water partition coefficient (Wildman–Crippen LogP) is 3.39. The maximum absolute atomic E-state index is 13.1. The van der Waals surface area contributed by atoms with E-state index in [0.29, 0.717) is 19.0 Å². The van der Waals surface area contributed by atoms with Crippen molar-refractivity contribution in [1.82, 2.24) is 9.80 Å². The topological polar surface area (TPSA) is 6.48 Å². The van der Waals surface area contributed by atoms with Crippen molar-refractivity contribution in [3.63, 3.8) is 0 Å². The minimum atomic E-state index is -0.630. The number of halogens is 1. The molecule has 3 heteroatoms. The van der Waals surface area contributed by atoms with Gasteiger partial charge in [0.25, 0.3) is 0 Å². The molecule has 1 aliphatic heterocycles. The van der Waals surface area contributed by atoms with Gasteiger partial charge in [0.05, 0.1) is 0 Å². The fourth-order valence-electron chi connectivity index (χ4n) is 2.07. The van der Waals surface area contributed by atoms with Gasteiger partial charge in [0, 0.05) is 38.9 Å². The first-order chi connectivity index (χ1) is 9.02. The van der Waals surface area contributed by atoms with Crippen LogP contribution >= 0.6 is 0 Å². The van der Waals surface area contributed by atoms with Crippen molar-refractivity contribution in [2.75, 3.05) is 26.7 Å². The molecule has 2 nitrogen and oxygen atoms in total. The number of hydrogen-bond donors (Lipinski definition) is 0. The first-order valence-corrected chi connectivity index (χ1v) is 7.11. The Balaban J connectivity index is 2.54. The van der Waals surface area contributed by atoms with Gasteiger partial charge < -0.3 is 9.80 Å². The Hall–Kier alpha value is -1.09. The molecule has 19 heavy (non-hydrogen) atoms. The lowest BCUT2D eigenvalue weighted by Crippen LogP contribution is -2.24. The molecule has 1 unspecified atom stereocenters. The van der Waals surface area contributed by atoms with Gasteiger partial charge in [-0.3, -0.25) is 0 Å². The first kappa shape index (κ1) is 16.0. The largest absolute Gasteiger partial charge is 0.378 e. The molecule has 0 aliphatic carbocycles. The molecule has 1 rings (SSSR count). The molecule has 0 amide bonds. The van der Waals surface area contributed by atoms with Crippen molar-refractivity contribution >= 4 is 0 Å². The minimum Gasteiger partial charge on any atom is -0.378 e. The third-order valence-corrected chi connectivity index (χ3v) is 3.56. The van der Waals surface area contributed by atoms with Crippen LogP contribution in [0.4, 0.5) is 4.39 Å². The molecule has 0 N–H and O–H groups in total. The maximum atomic E-state index is 13.1. The Labute approximate surface area is 117 Å². The summed E-state index contributed by atoms with van der Waals surface area (Å²) in [6.45, 7) is 10.5. The standard InChI is InChI=1S/C16H27FN2/c1-5-6-7-15(12-18(4)14(2)3)8-10-19-11-9-16(17)13-19/h5-7,12,14,16H,1,8-11,13H2,2-4H3/b7-6-,15-12+. The monoisotopic (exact) mass is 266 g/mol. The molecule has 0 bridgehead atoms.